The van der Waals surface area contributed by atoms with Crippen molar-refractivity contribution in [3.8, 4) is 0 Å². The molecule has 2 saturated heterocycles. The van der Waals surface area contributed by atoms with Crippen LogP contribution in [0.1, 0.15) is 19.8 Å². The largest absolute Gasteiger partial charge is 0.297 e. The SMILES string of the molecule is C[C@@H]1CN2CCC[C@H]2CN1S(=O)(=O)c1cnn(C)c1. The Labute approximate surface area is 114 Å². The van der Waals surface area contributed by atoms with Gasteiger partial charge in [-0.2, -0.15) is 9.40 Å². The van der Waals surface area contributed by atoms with Crippen molar-refractivity contribution in [3.05, 3.63) is 12.4 Å². The summed E-state index contributed by atoms with van der Waals surface area (Å²) in [5.41, 5.74) is 0. The van der Waals surface area contributed by atoms with Crippen molar-refractivity contribution in [2.75, 3.05) is 19.6 Å². The van der Waals surface area contributed by atoms with Crippen LogP contribution >= 0.6 is 0 Å². The van der Waals surface area contributed by atoms with Crippen LogP contribution in [-0.2, 0) is 17.1 Å². The number of aryl methyl sites for hydroxylation is 1. The smallest absolute Gasteiger partial charge is 0.246 e. The molecule has 1 aromatic rings. The van der Waals surface area contributed by atoms with E-state index in [9.17, 15) is 8.42 Å². The fourth-order valence-electron chi connectivity index (χ4n) is 3.16. The van der Waals surface area contributed by atoms with Crippen molar-refractivity contribution in [1.29, 1.82) is 0 Å². The fourth-order valence-corrected chi connectivity index (χ4v) is 4.81. The van der Waals surface area contributed by atoms with E-state index in [0.717, 1.165) is 19.5 Å². The van der Waals surface area contributed by atoms with Crippen LogP contribution in [0.25, 0.3) is 0 Å². The molecule has 0 spiro atoms. The van der Waals surface area contributed by atoms with Crippen LogP contribution in [-0.4, -0.2) is 59.1 Å². The van der Waals surface area contributed by atoms with Crippen molar-refractivity contribution < 1.29 is 8.42 Å². The number of hydrogen-bond donors (Lipinski definition) is 0. The molecule has 106 valence electrons. The summed E-state index contributed by atoms with van der Waals surface area (Å²) in [7, 11) is -1.67. The first-order valence-electron chi connectivity index (χ1n) is 6.73. The summed E-state index contributed by atoms with van der Waals surface area (Å²) in [6, 6.07) is 0.419. The Morgan fingerprint density at radius 1 is 1.37 bits per heavy atom. The van der Waals surface area contributed by atoms with E-state index in [1.54, 1.807) is 17.5 Å². The minimum absolute atomic E-state index is 0.0274. The molecule has 7 heteroatoms. The van der Waals surface area contributed by atoms with Gasteiger partial charge in [0.2, 0.25) is 10.0 Å². The van der Waals surface area contributed by atoms with E-state index in [1.807, 2.05) is 6.92 Å². The van der Waals surface area contributed by atoms with E-state index in [0.29, 0.717) is 17.5 Å². The molecule has 1 aromatic heterocycles. The monoisotopic (exact) mass is 284 g/mol. The highest BCUT2D eigenvalue weighted by molar-refractivity contribution is 7.89. The maximum Gasteiger partial charge on any atom is 0.246 e. The minimum atomic E-state index is -3.41. The van der Waals surface area contributed by atoms with Crippen LogP contribution in [0.3, 0.4) is 0 Å². The lowest BCUT2D eigenvalue weighted by Crippen LogP contribution is -2.56. The number of sulfonamides is 1. The molecule has 6 nitrogen and oxygen atoms in total. The molecule has 2 aliphatic rings. The molecule has 2 atom stereocenters. The first-order valence-corrected chi connectivity index (χ1v) is 8.17. The van der Waals surface area contributed by atoms with Crippen LogP contribution in [0.15, 0.2) is 17.3 Å². The van der Waals surface area contributed by atoms with Crippen LogP contribution in [0.2, 0.25) is 0 Å². The lowest BCUT2D eigenvalue weighted by Gasteiger charge is -2.41. The van der Waals surface area contributed by atoms with Gasteiger partial charge in [0.25, 0.3) is 0 Å². The van der Waals surface area contributed by atoms with Crippen LogP contribution in [0, 0.1) is 0 Å². The number of rotatable bonds is 2. The van der Waals surface area contributed by atoms with Crippen molar-refractivity contribution in [3.63, 3.8) is 0 Å². The Balaban J connectivity index is 1.88. The molecule has 0 aliphatic carbocycles. The van der Waals surface area contributed by atoms with E-state index in [4.69, 9.17) is 0 Å². The Morgan fingerprint density at radius 3 is 2.84 bits per heavy atom. The fraction of sp³-hybridized carbons (Fsp3) is 0.750. The standard InChI is InChI=1S/C12H20N4O2S/c1-10-7-15-5-3-4-11(15)8-16(10)19(17,18)12-6-13-14(2)9-12/h6,9-11H,3-5,7-8H2,1-2H3/t10-,11+/m1/s1. The molecular weight excluding hydrogens is 264 g/mol. The lowest BCUT2D eigenvalue weighted by atomic mass is 10.1. The molecular formula is C12H20N4O2S. The van der Waals surface area contributed by atoms with E-state index in [1.165, 1.54) is 17.3 Å². The molecule has 0 aromatic carbocycles. The molecule has 0 unspecified atom stereocenters. The van der Waals surface area contributed by atoms with Crippen molar-refractivity contribution in [1.82, 2.24) is 19.0 Å². The first-order chi connectivity index (χ1) is 8.98. The highest BCUT2D eigenvalue weighted by Crippen LogP contribution is 2.28. The molecule has 2 aliphatic heterocycles. The zero-order valence-corrected chi connectivity index (χ0v) is 12.2. The molecule has 3 heterocycles. The highest BCUT2D eigenvalue weighted by Gasteiger charge is 2.40. The number of hydrogen-bond acceptors (Lipinski definition) is 4. The van der Waals surface area contributed by atoms with Gasteiger partial charge < -0.3 is 0 Å². The second-order valence-corrected chi connectivity index (χ2v) is 7.45. The quantitative estimate of drug-likeness (QED) is 0.782. The second kappa shape index (κ2) is 4.57. The first kappa shape index (κ1) is 13.1. The van der Waals surface area contributed by atoms with E-state index in [-0.39, 0.29) is 6.04 Å². The average molecular weight is 284 g/mol. The van der Waals surface area contributed by atoms with Crippen molar-refractivity contribution in [2.45, 2.75) is 36.7 Å². The van der Waals surface area contributed by atoms with Gasteiger partial charge in [0.1, 0.15) is 4.90 Å². The van der Waals surface area contributed by atoms with E-state index in [2.05, 4.69) is 10.00 Å². The summed E-state index contributed by atoms with van der Waals surface area (Å²) in [4.78, 5) is 2.72. The van der Waals surface area contributed by atoms with Crippen molar-refractivity contribution in [2.24, 2.45) is 7.05 Å². The van der Waals surface area contributed by atoms with Gasteiger partial charge in [-0.05, 0) is 26.3 Å². The third-order valence-corrected chi connectivity index (χ3v) is 6.10. The molecule has 2 fully saturated rings. The van der Waals surface area contributed by atoms with Crippen LogP contribution in [0.4, 0.5) is 0 Å². The van der Waals surface area contributed by atoms with Gasteiger partial charge >= 0.3 is 0 Å². The zero-order valence-electron chi connectivity index (χ0n) is 11.4. The molecule has 0 amide bonds. The summed E-state index contributed by atoms with van der Waals surface area (Å²) in [6.07, 6.45) is 5.29. The third-order valence-electron chi connectivity index (χ3n) is 4.17. The predicted octanol–water partition coefficient (Wildman–Crippen LogP) is 0.277. The highest BCUT2D eigenvalue weighted by atomic mass is 32.2. The van der Waals surface area contributed by atoms with Crippen LogP contribution in [0.5, 0.6) is 0 Å². The van der Waals surface area contributed by atoms with Gasteiger partial charge in [-0.1, -0.05) is 0 Å². The molecule has 0 bridgehead atoms. The maximum absolute atomic E-state index is 12.7. The number of aromatic nitrogens is 2. The second-order valence-electron chi connectivity index (χ2n) is 5.56. The summed E-state index contributed by atoms with van der Waals surface area (Å²) >= 11 is 0. The van der Waals surface area contributed by atoms with Gasteiger partial charge in [-0.15, -0.1) is 0 Å². The summed E-state index contributed by atoms with van der Waals surface area (Å²) < 4.78 is 28.5. The molecule has 3 rings (SSSR count). The third kappa shape index (κ3) is 2.19. The lowest BCUT2D eigenvalue weighted by molar-refractivity contribution is 0.117. The van der Waals surface area contributed by atoms with E-state index >= 15 is 0 Å². The number of nitrogens with zero attached hydrogens (tertiary/aromatic N) is 4. The van der Waals surface area contributed by atoms with Gasteiger partial charge in [0.05, 0.1) is 6.20 Å². The maximum atomic E-state index is 12.7. The van der Waals surface area contributed by atoms with E-state index < -0.39 is 10.0 Å². The Morgan fingerprint density at radius 2 is 2.16 bits per heavy atom. The summed E-state index contributed by atoms with van der Waals surface area (Å²) in [5, 5.41) is 3.97. The number of fused-ring (bicyclic) bond motifs is 1. The minimum Gasteiger partial charge on any atom is -0.297 e. The van der Waals surface area contributed by atoms with Gasteiger partial charge in [0.15, 0.2) is 0 Å². The zero-order chi connectivity index (χ0) is 13.6. The summed E-state index contributed by atoms with van der Waals surface area (Å²) in [5.74, 6) is 0. The van der Waals surface area contributed by atoms with Crippen molar-refractivity contribution >= 4 is 10.0 Å². The predicted molar refractivity (Wildman–Crippen MR) is 71.2 cm³/mol. The Hall–Kier alpha value is -0.920. The van der Waals surface area contributed by atoms with Gasteiger partial charge in [0, 0.05) is 38.4 Å². The van der Waals surface area contributed by atoms with Gasteiger partial charge in [-0.3, -0.25) is 9.58 Å². The molecule has 0 radical (unpaired) electrons. The molecule has 19 heavy (non-hydrogen) atoms. The Bertz CT molecular complexity index is 568. The van der Waals surface area contributed by atoms with Gasteiger partial charge in [-0.25, -0.2) is 8.42 Å². The average Bonchev–Trinajstić information content (AvgIpc) is 2.96. The van der Waals surface area contributed by atoms with Crippen LogP contribution < -0.4 is 0 Å². The number of piperazine rings is 1. The Kier molecular flexibility index (Phi) is 3.15. The molecule has 0 saturated carbocycles. The normalized spacial score (nSPS) is 29.6. The topological polar surface area (TPSA) is 58.4 Å². The summed E-state index contributed by atoms with van der Waals surface area (Å²) in [6.45, 7) is 4.54. The molecule has 0 N–H and O–H groups in total.